The molecule has 0 radical (unpaired) electrons. The molecule has 2 heterocycles. The number of benzene rings is 2. The molecular formula is C21H25N3O. The molecule has 0 aromatic heterocycles. The lowest BCUT2D eigenvalue weighted by molar-refractivity contribution is -0.122. The second kappa shape index (κ2) is 7.28. The summed E-state index contributed by atoms with van der Waals surface area (Å²) in [6, 6.07) is 18.8. The molecule has 4 nitrogen and oxygen atoms in total. The Bertz CT molecular complexity index is 706. The van der Waals surface area contributed by atoms with E-state index >= 15 is 0 Å². The number of carbonyl (C=O) groups excluding carboxylic acids is 1. The molecule has 2 aliphatic rings. The third-order valence-corrected chi connectivity index (χ3v) is 5.19. The molecule has 2 N–H and O–H groups in total. The summed E-state index contributed by atoms with van der Waals surface area (Å²) in [7, 11) is 0. The number of fused-ring (bicyclic) bond motifs is 1. The maximum atomic E-state index is 12.7. The zero-order valence-corrected chi connectivity index (χ0v) is 14.4. The van der Waals surface area contributed by atoms with Crippen molar-refractivity contribution in [3.63, 3.8) is 0 Å². The van der Waals surface area contributed by atoms with Gasteiger partial charge < -0.3 is 10.6 Å². The molecule has 4 heteroatoms. The highest BCUT2D eigenvalue weighted by atomic mass is 16.2. The molecule has 2 aromatic carbocycles. The Labute approximate surface area is 149 Å². The van der Waals surface area contributed by atoms with Crippen LogP contribution in [0.5, 0.6) is 0 Å². The van der Waals surface area contributed by atoms with Gasteiger partial charge in [-0.05, 0) is 36.6 Å². The first-order valence-corrected chi connectivity index (χ1v) is 9.19. The van der Waals surface area contributed by atoms with E-state index in [2.05, 4.69) is 51.9 Å². The van der Waals surface area contributed by atoms with Crippen LogP contribution in [0.3, 0.4) is 0 Å². The van der Waals surface area contributed by atoms with Crippen molar-refractivity contribution in [2.24, 2.45) is 0 Å². The number of para-hydroxylation sites is 1. The van der Waals surface area contributed by atoms with E-state index in [9.17, 15) is 4.79 Å². The Morgan fingerprint density at radius 1 is 1.12 bits per heavy atom. The summed E-state index contributed by atoms with van der Waals surface area (Å²) in [4.78, 5) is 15.1. The van der Waals surface area contributed by atoms with Gasteiger partial charge >= 0.3 is 0 Å². The van der Waals surface area contributed by atoms with Crippen LogP contribution < -0.4 is 10.6 Å². The van der Waals surface area contributed by atoms with E-state index in [4.69, 9.17) is 0 Å². The highest BCUT2D eigenvalue weighted by Gasteiger charge is 2.29. The Balaban J connectivity index is 1.31. The van der Waals surface area contributed by atoms with Gasteiger partial charge in [-0.1, -0.05) is 48.5 Å². The summed E-state index contributed by atoms with van der Waals surface area (Å²) >= 11 is 0. The summed E-state index contributed by atoms with van der Waals surface area (Å²) in [5.74, 6) is 0.128. The quantitative estimate of drug-likeness (QED) is 0.903. The predicted molar refractivity (Wildman–Crippen MR) is 100 cm³/mol. The molecule has 2 aromatic rings. The number of anilines is 1. The van der Waals surface area contributed by atoms with Crippen LogP contribution in [-0.4, -0.2) is 36.0 Å². The van der Waals surface area contributed by atoms with Crippen LogP contribution in [0.1, 0.15) is 24.0 Å². The summed E-state index contributed by atoms with van der Waals surface area (Å²) in [5.41, 5.74) is 3.66. The van der Waals surface area contributed by atoms with Crippen LogP contribution in [0.2, 0.25) is 0 Å². The maximum absolute atomic E-state index is 12.7. The molecule has 0 saturated carbocycles. The summed E-state index contributed by atoms with van der Waals surface area (Å²) in [6.45, 7) is 3.00. The standard InChI is InChI=1S/C21H25N3O/c25-21(20-13-17-9-4-5-11-19(17)23-20)22-18-10-6-12-24(15-18)14-16-7-2-1-3-8-16/h1-5,7-9,11,18,20,23H,6,10,12-15H2,(H,22,25). The highest BCUT2D eigenvalue weighted by Crippen LogP contribution is 2.25. The smallest absolute Gasteiger partial charge is 0.243 e. The number of piperidine rings is 1. The molecule has 1 amide bonds. The van der Waals surface area contributed by atoms with Crippen molar-refractivity contribution in [3.05, 3.63) is 65.7 Å². The number of rotatable bonds is 4. The van der Waals surface area contributed by atoms with Gasteiger partial charge in [-0.3, -0.25) is 9.69 Å². The molecule has 2 aliphatic heterocycles. The minimum absolute atomic E-state index is 0.128. The summed E-state index contributed by atoms with van der Waals surface area (Å²) in [6.07, 6.45) is 2.98. The first kappa shape index (κ1) is 16.2. The number of nitrogens with zero attached hydrogens (tertiary/aromatic N) is 1. The van der Waals surface area contributed by atoms with Crippen molar-refractivity contribution in [3.8, 4) is 0 Å². The Morgan fingerprint density at radius 2 is 1.92 bits per heavy atom. The van der Waals surface area contributed by atoms with E-state index in [1.807, 2.05) is 18.2 Å². The lowest BCUT2D eigenvalue weighted by Crippen LogP contribution is -2.51. The van der Waals surface area contributed by atoms with Crippen LogP contribution in [0, 0.1) is 0 Å². The molecule has 130 valence electrons. The minimum Gasteiger partial charge on any atom is -0.373 e. The molecule has 2 atom stereocenters. The average Bonchev–Trinajstić information content (AvgIpc) is 3.07. The minimum atomic E-state index is -0.137. The molecular weight excluding hydrogens is 310 g/mol. The fraction of sp³-hybridized carbons (Fsp3) is 0.381. The molecule has 1 saturated heterocycles. The maximum Gasteiger partial charge on any atom is 0.243 e. The monoisotopic (exact) mass is 335 g/mol. The van der Waals surface area contributed by atoms with Gasteiger partial charge in [0.15, 0.2) is 0 Å². The van der Waals surface area contributed by atoms with Gasteiger partial charge in [-0.15, -0.1) is 0 Å². The van der Waals surface area contributed by atoms with E-state index in [-0.39, 0.29) is 18.0 Å². The number of hydrogen-bond donors (Lipinski definition) is 2. The third-order valence-electron chi connectivity index (χ3n) is 5.19. The van der Waals surface area contributed by atoms with Crippen LogP contribution in [0.4, 0.5) is 5.69 Å². The number of hydrogen-bond acceptors (Lipinski definition) is 3. The molecule has 1 fully saturated rings. The van der Waals surface area contributed by atoms with Gasteiger partial charge in [-0.25, -0.2) is 0 Å². The molecule has 0 bridgehead atoms. The SMILES string of the molecule is O=C(NC1CCCN(Cc2ccccc2)C1)C1Cc2ccccc2N1. The second-order valence-electron chi connectivity index (χ2n) is 7.13. The van der Waals surface area contributed by atoms with Gasteiger partial charge in [0.1, 0.15) is 6.04 Å². The molecule has 25 heavy (non-hydrogen) atoms. The van der Waals surface area contributed by atoms with Crippen molar-refractivity contribution in [1.29, 1.82) is 0 Å². The van der Waals surface area contributed by atoms with E-state index < -0.39 is 0 Å². The van der Waals surface area contributed by atoms with Crippen LogP contribution in [0.25, 0.3) is 0 Å². The Morgan fingerprint density at radius 3 is 2.76 bits per heavy atom. The number of nitrogens with one attached hydrogen (secondary N) is 2. The zero-order chi connectivity index (χ0) is 17.1. The van der Waals surface area contributed by atoms with Gasteiger partial charge in [0, 0.05) is 31.2 Å². The van der Waals surface area contributed by atoms with Gasteiger partial charge in [0.2, 0.25) is 5.91 Å². The topological polar surface area (TPSA) is 44.4 Å². The molecule has 0 spiro atoms. The summed E-state index contributed by atoms with van der Waals surface area (Å²) < 4.78 is 0. The Kier molecular flexibility index (Phi) is 4.70. The normalized spacial score (nSPS) is 22.9. The summed E-state index contributed by atoms with van der Waals surface area (Å²) in [5, 5.41) is 6.62. The van der Waals surface area contributed by atoms with E-state index in [1.165, 1.54) is 11.1 Å². The lowest BCUT2D eigenvalue weighted by Gasteiger charge is -2.33. The second-order valence-corrected chi connectivity index (χ2v) is 7.13. The highest BCUT2D eigenvalue weighted by molar-refractivity contribution is 5.87. The molecule has 4 rings (SSSR count). The number of likely N-dealkylation sites (tertiary alicyclic amines) is 1. The third kappa shape index (κ3) is 3.85. The Hall–Kier alpha value is -2.33. The largest absolute Gasteiger partial charge is 0.373 e. The first-order valence-electron chi connectivity index (χ1n) is 9.19. The van der Waals surface area contributed by atoms with Crippen molar-refractivity contribution in [2.75, 3.05) is 18.4 Å². The van der Waals surface area contributed by atoms with E-state index in [0.717, 1.165) is 44.6 Å². The van der Waals surface area contributed by atoms with Crippen molar-refractivity contribution < 1.29 is 4.79 Å². The van der Waals surface area contributed by atoms with Crippen molar-refractivity contribution in [1.82, 2.24) is 10.2 Å². The van der Waals surface area contributed by atoms with Gasteiger partial charge in [0.25, 0.3) is 0 Å². The lowest BCUT2D eigenvalue weighted by atomic mass is 10.0. The predicted octanol–water partition coefficient (Wildman–Crippen LogP) is 2.80. The average molecular weight is 335 g/mol. The number of amides is 1. The van der Waals surface area contributed by atoms with Crippen LogP contribution >= 0.6 is 0 Å². The van der Waals surface area contributed by atoms with Gasteiger partial charge in [0.05, 0.1) is 0 Å². The number of carbonyl (C=O) groups is 1. The first-order chi connectivity index (χ1) is 12.3. The fourth-order valence-electron chi connectivity index (χ4n) is 3.92. The van der Waals surface area contributed by atoms with Crippen molar-refractivity contribution >= 4 is 11.6 Å². The molecule has 2 unspecified atom stereocenters. The zero-order valence-electron chi connectivity index (χ0n) is 14.4. The van der Waals surface area contributed by atoms with Crippen LogP contribution in [0.15, 0.2) is 54.6 Å². The van der Waals surface area contributed by atoms with Crippen LogP contribution in [-0.2, 0) is 17.8 Å². The fourth-order valence-corrected chi connectivity index (χ4v) is 3.92. The molecule has 0 aliphatic carbocycles. The van der Waals surface area contributed by atoms with Crippen molar-refractivity contribution in [2.45, 2.75) is 37.9 Å². The van der Waals surface area contributed by atoms with E-state index in [1.54, 1.807) is 0 Å². The van der Waals surface area contributed by atoms with E-state index in [0.29, 0.717) is 0 Å². The van der Waals surface area contributed by atoms with Gasteiger partial charge in [-0.2, -0.15) is 0 Å².